The molecule has 0 amide bonds. The van der Waals surface area contributed by atoms with Crippen molar-refractivity contribution in [1.29, 1.82) is 0 Å². The number of carbonyl (C=O) groups is 1. The number of hydrogen-bond acceptors (Lipinski definition) is 5. The van der Waals surface area contributed by atoms with Crippen LogP contribution in [-0.2, 0) is 16.5 Å². The van der Waals surface area contributed by atoms with Gasteiger partial charge in [0.15, 0.2) is 17.6 Å². The number of aromatic nitrogens is 1. The van der Waals surface area contributed by atoms with Crippen LogP contribution in [-0.4, -0.2) is 22.4 Å². The zero-order valence-corrected chi connectivity index (χ0v) is 14.6. The second-order valence-corrected chi connectivity index (χ2v) is 7.31. The Morgan fingerprint density at radius 3 is 2.58 bits per heavy atom. The maximum absolute atomic E-state index is 13.0. The third-order valence-electron chi connectivity index (χ3n) is 5.33. The number of para-hydroxylation sites is 1. The highest BCUT2D eigenvalue weighted by molar-refractivity contribution is 5.96. The van der Waals surface area contributed by atoms with E-state index in [0.717, 1.165) is 5.52 Å². The van der Waals surface area contributed by atoms with Crippen LogP contribution in [0.4, 0.5) is 4.79 Å². The lowest BCUT2D eigenvalue weighted by atomic mass is 9.87. The minimum atomic E-state index is -0.729. The van der Waals surface area contributed by atoms with Crippen molar-refractivity contribution in [2.45, 2.75) is 31.7 Å². The van der Waals surface area contributed by atoms with Gasteiger partial charge in [-0.15, -0.1) is 0 Å². The summed E-state index contributed by atoms with van der Waals surface area (Å²) >= 11 is 0. The van der Waals surface area contributed by atoms with E-state index in [2.05, 4.69) is 0 Å². The van der Waals surface area contributed by atoms with Gasteiger partial charge in [-0.1, -0.05) is 12.1 Å². The number of nitrogens with zero attached hydrogens (tertiary/aromatic N) is 1. The van der Waals surface area contributed by atoms with Crippen LogP contribution in [0.1, 0.15) is 25.5 Å². The van der Waals surface area contributed by atoms with Crippen LogP contribution < -0.4 is 10.2 Å². The largest absolute Gasteiger partial charge is 0.509 e. The molecule has 6 heteroatoms. The van der Waals surface area contributed by atoms with Gasteiger partial charge in [0.05, 0.1) is 16.6 Å². The topological polar surface area (TPSA) is 66.8 Å². The molecule has 1 saturated heterocycles. The quantitative estimate of drug-likeness (QED) is 0.458. The Bertz CT molecular complexity index is 1160. The number of benzene rings is 2. The van der Waals surface area contributed by atoms with E-state index in [9.17, 15) is 9.59 Å². The third-order valence-corrected chi connectivity index (χ3v) is 5.33. The van der Waals surface area contributed by atoms with Gasteiger partial charge >= 0.3 is 6.16 Å². The first-order valence-electron chi connectivity index (χ1n) is 8.49. The van der Waals surface area contributed by atoms with Gasteiger partial charge in [-0.05, 0) is 38.1 Å². The van der Waals surface area contributed by atoms with Crippen molar-refractivity contribution in [3.05, 3.63) is 52.2 Å². The Hall–Kier alpha value is -3.02. The van der Waals surface area contributed by atoms with Gasteiger partial charge in [-0.3, -0.25) is 4.79 Å². The average molecular weight is 351 g/mol. The van der Waals surface area contributed by atoms with Crippen LogP contribution in [0.5, 0.6) is 5.75 Å². The molecule has 2 aliphatic heterocycles. The summed E-state index contributed by atoms with van der Waals surface area (Å²) in [5.41, 5.74) is 1.42. The molecular weight excluding hydrogens is 334 g/mol. The Morgan fingerprint density at radius 2 is 1.77 bits per heavy atom. The number of carbonyl (C=O) groups excluding carboxylic acids is 1. The van der Waals surface area contributed by atoms with Crippen LogP contribution in [0.15, 0.2) is 41.2 Å². The molecule has 132 valence electrons. The van der Waals surface area contributed by atoms with Gasteiger partial charge in [-0.2, -0.15) is 0 Å². The minimum Gasteiger partial charge on any atom is -0.483 e. The van der Waals surface area contributed by atoms with Crippen molar-refractivity contribution in [3.8, 4) is 5.75 Å². The van der Waals surface area contributed by atoms with Crippen LogP contribution >= 0.6 is 0 Å². The second-order valence-electron chi connectivity index (χ2n) is 7.31. The van der Waals surface area contributed by atoms with Crippen LogP contribution in [0.2, 0.25) is 0 Å². The Labute approximate surface area is 148 Å². The molecule has 0 radical (unpaired) electrons. The van der Waals surface area contributed by atoms with Crippen molar-refractivity contribution in [3.63, 3.8) is 0 Å². The summed E-state index contributed by atoms with van der Waals surface area (Å²) in [7, 11) is 1.90. The number of ether oxygens (including phenoxy) is 3. The van der Waals surface area contributed by atoms with Crippen LogP contribution in [0.3, 0.4) is 0 Å². The van der Waals surface area contributed by atoms with Crippen molar-refractivity contribution in [2.75, 3.05) is 0 Å². The summed E-state index contributed by atoms with van der Waals surface area (Å²) in [6, 6.07) is 11.0. The van der Waals surface area contributed by atoms with E-state index < -0.39 is 24.0 Å². The molecule has 0 unspecified atom stereocenters. The number of hydrogen-bond donors (Lipinski definition) is 0. The standard InChI is InChI=1S/C20H17NO5/c1-20(2)18-17(24-19(23)25-18)14-13(26-20)9-8-11-15(14)21(3)12-7-5-4-6-10(12)16(11)22/h4-9,17-18H,1-3H3/t17-,18-/m1/s1. The van der Waals surface area contributed by atoms with E-state index >= 15 is 0 Å². The molecule has 5 rings (SSSR count). The molecule has 2 aliphatic rings. The number of pyridine rings is 1. The van der Waals surface area contributed by atoms with Crippen LogP contribution in [0, 0.1) is 0 Å². The summed E-state index contributed by atoms with van der Waals surface area (Å²) < 4.78 is 18.9. The minimum absolute atomic E-state index is 0.0527. The molecule has 0 spiro atoms. The summed E-state index contributed by atoms with van der Waals surface area (Å²) in [5.74, 6) is 0.604. The molecule has 3 heterocycles. The lowest BCUT2D eigenvalue weighted by Crippen LogP contribution is -2.48. The van der Waals surface area contributed by atoms with E-state index in [0.29, 0.717) is 27.6 Å². The number of rotatable bonds is 0. The highest BCUT2D eigenvalue weighted by atomic mass is 16.8. The molecule has 0 bridgehead atoms. The molecule has 6 nitrogen and oxygen atoms in total. The van der Waals surface area contributed by atoms with Crippen LogP contribution in [0.25, 0.3) is 21.8 Å². The molecule has 2 aromatic carbocycles. The van der Waals surface area contributed by atoms with E-state index in [4.69, 9.17) is 14.2 Å². The fourth-order valence-corrected chi connectivity index (χ4v) is 4.14. The van der Waals surface area contributed by atoms with Gasteiger partial charge < -0.3 is 18.8 Å². The van der Waals surface area contributed by atoms with Gasteiger partial charge in [0.25, 0.3) is 0 Å². The fraction of sp³-hybridized carbons (Fsp3) is 0.300. The van der Waals surface area contributed by atoms with Gasteiger partial charge in [-0.25, -0.2) is 4.79 Å². The Morgan fingerprint density at radius 1 is 1.00 bits per heavy atom. The second kappa shape index (κ2) is 4.78. The van der Waals surface area contributed by atoms with E-state index in [-0.39, 0.29) is 5.43 Å². The normalized spacial score (nSPS) is 23.1. The van der Waals surface area contributed by atoms with E-state index in [1.54, 1.807) is 12.1 Å². The lowest BCUT2D eigenvalue weighted by molar-refractivity contribution is -0.0498. The molecule has 1 aromatic heterocycles. The van der Waals surface area contributed by atoms with Crippen molar-refractivity contribution in [2.24, 2.45) is 7.05 Å². The number of fused-ring (bicyclic) bond motifs is 6. The monoisotopic (exact) mass is 351 g/mol. The molecule has 2 atom stereocenters. The van der Waals surface area contributed by atoms with E-state index in [1.165, 1.54) is 0 Å². The first-order chi connectivity index (χ1) is 12.4. The summed E-state index contributed by atoms with van der Waals surface area (Å²) in [5, 5.41) is 1.21. The highest BCUT2D eigenvalue weighted by Gasteiger charge is 2.54. The fourth-order valence-electron chi connectivity index (χ4n) is 4.14. The molecule has 1 fully saturated rings. The lowest BCUT2D eigenvalue weighted by Gasteiger charge is -2.38. The highest BCUT2D eigenvalue weighted by Crippen LogP contribution is 2.48. The molecule has 0 saturated carbocycles. The zero-order chi connectivity index (χ0) is 18.2. The van der Waals surface area contributed by atoms with Gasteiger partial charge in [0.2, 0.25) is 0 Å². The van der Waals surface area contributed by atoms with Gasteiger partial charge in [0.1, 0.15) is 11.4 Å². The molecule has 3 aromatic rings. The number of aryl methyl sites for hydroxylation is 1. The molecule has 0 N–H and O–H groups in total. The summed E-state index contributed by atoms with van der Waals surface area (Å²) in [4.78, 5) is 24.9. The maximum Gasteiger partial charge on any atom is 0.509 e. The van der Waals surface area contributed by atoms with Crippen molar-refractivity contribution in [1.82, 2.24) is 4.57 Å². The summed E-state index contributed by atoms with van der Waals surface area (Å²) in [6.07, 6.45) is -1.90. The third kappa shape index (κ3) is 1.81. The Kier molecular flexibility index (Phi) is 2.81. The smallest absolute Gasteiger partial charge is 0.483 e. The predicted molar refractivity (Wildman–Crippen MR) is 95.5 cm³/mol. The van der Waals surface area contributed by atoms with Crippen molar-refractivity contribution >= 4 is 28.0 Å². The van der Waals surface area contributed by atoms with E-state index in [1.807, 2.05) is 49.7 Å². The molecule has 0 aliphatic carbocycles. The first kappa shape index (κ1) is 15.3. The molecular formula is C20H17NO5. The maximum atomic E-state index is 13.0. The zero-order valence-electron chi connectivity index (χ0n) is 14.6. The first-order valence-corrected chi connectivity index (χ1v) is 8.49. The van der Waals surface area contributed by atoms with Gasteiger partial charge in [0, 0.05) is 17.8 Å². The SMILES string of the molecule is Cn1c2ccccc2c(=O)c2ccc3c(c21)[C@H]1OC(=O)O[C@H]1C(C)(C)O3. The summed E-state index contributed by atoms with van der Waals surface area (Å²) in [6.45, 7) is 3.72. The average Bonchev–Trinajstić information content (AvgIpc) is 3.01. The van der Waals surface area contributed by atoms with Crippen molar-refractivity contribution < 1.29 is 19.0 Å². The molecule has 26 heavy (non-hydrogen) atoms. The predicted octanol–water partition coefficient (Wildman–Crippen LogP) is 3.44. The Balaban J connectivity index is 1.94.